The number of carboxylic acids is 1. The molecular formula is C19H21N3O6. The highest BCUT2D eigenvalue weighted by Gasteiger charge is 2.22. The Morgan fingerprint density at radius 3 is 2.54 bits per heavy atom. The van der Waals surface area contributed by atoms with Crippen molar-refractivity contribution < 1.29 is 24.4 Å². The fraction of sp³-hybridized carbons (Fsp3) is 0.263. The number of nitro benzene ring substituents is 1. The van der Waals surface area contributed by atoms with Gasteiger partial charge in [-0.2, -0.15) is 0 Å². The highest BCUT2D eigenvalue weighted by molar-refractivity contribution is 5.95. The van der Waals surface area contributed by atoms with E-state index >= 15 is 0 Å². The van der Waals surface area contributed by atoms with Crippen LogP contribution in [0.5, 0.6) is 5.75 Å². The van der Waals surface area contributed by atoms with E-state index in [1.54, 1.807) is 0 Å². The van der Waals surface area contributed by atoms with Crippen LogP contribution in [0.2, 0.25) is 0 Å². The van der Waals surface area contributed by atoms with E-state index in [0.29, 0.717) is 13.0 Å². The Morgan fingerprint density at radius 2 is 1.93 bits per heavy atom. The Kier molecular flexibility index (Phi) is 7.46. The number of hydrogen-bond donors (Lipinski definition) is 3. The minimum atomic E-state index is -1.16. The molecule has 0 heterocycles. The molecule has 0 bridgehead atoms. The van der Waals surface area contributed by atoms with Gasteiger partial charge in [-0.1, -0.05) is 30.3 Å². The molecule has 3 N–H and O–H groups in total. The van der Waals surface area contributed by atoms with Gasteiger partial charge in [-0.05, 0) is 24.6 Å². The Bertz CT molecular complexity index is 841. The summed E-state index contributed by atoms with van der Waals surface area (Å²) in [6, 6.07) is 12.2. The summed E-state index contributed by atoms with van der Waals surface area (Å²) >= 11 is 0. The van der Waals surface area contributed by atoms with Gasteiger partial charge in [0.15, 0.2) is 0 Å². The van der Waals surface area contributed by atoms with Gasteiger partial charge in [0.25, 0.3) is 5.69 Å². The smallest absolute Gasteiger partial charge is 0.321 e. The van der Waals surface area contributed by atoms with E-state index in [0.717, 1.165) is 11.6 Å². The van der Waals surface area contributed by atoms with Crippen LogP contribution >= 0.6 is 0 Å². The maximum atomic E-state index is 12.3. The molecule has 1 amide bonds. The van der Waals surface area contributed by atoms with Crippen molar-refractivity contribution in [2.45, 2.75) is 18.9 Å². The summed E-state index contributed by atoms with van der Waals surface area (Å²) in [5.74, 6) is -1.52. The molecule has 0 saturated carbocycles. The first-order valence-electron chi connectivity index (χ1n) is 8.53. The van der Waals surface area contributed by atoms with E-state index < -0.39 is 22.8 Å². The molecule has 0 aliphatic heterocycles. The van der Waals surface area contributed by atoms with Gasteiger partial charge in [-0.15, -0.1) is 0 Å². The number of anilines is 1. The predicted molar refractivity (Wildman–Crippen MR) is 102 cm³/mol. The van der Waals surface area contributed by atoms with Crippen LogP contribution in [0.1, 0.15) is 12.0 Å². The molecule has 28 heavy (non-hydrogen) atoms. The molecule has 2 rings (SSSR count). The number of non-ortho nitro benzene ring substituents is 1. The summed E-state index contributed by atoms with van der Waals surface area (Å²) in [4.78, 5) is 34.0. The van der Waals surface area contributed by atoms with Crippen LogP contribution in [0.15, 0.2) is 48.5 Å². The number of carboxylic acid groups (broad SMARTS) is 1. The predicted octanol–water partition coefficient (Wildman–Crippen LogP) is 2.22. The van der Waals surface area contributed by atoms with Crippen molar-refractivity contribution in [2.24, 2.45) is 0 Å². The van der Waals surface area contributed by atoms with Crippen molar-refractivity contribution in [1.29, 1.82) is 0 Å². The molecule has 0 aromatic heterocycles. The van der Waals surface area contributed by atoms with Gasteiger partial charge >= 0.3 is 5.97 Å². The molecular weight excluding hydrogens is 366 g/mol. The zero-order valence-corrected chi connectivity index (χ0v) is 15.3. The zero-order chi connectivity index (χ0) is 20.5. The number of methoxy groups -OCH3 is 1. The molecule has 1 atom stereocenters. The van der Waals surface area contributed by atoms with Gasteiger partial charge < -0.3 is 20.5 Å². The molecule has 0 fully saturated rings. The van der Waals surface area contributed by atoms with E-state index in [2.05, 4.69) is 10.6 Å². The highest BCUT2D eigenvalue weighted by atomic mass is 16.6. The second-order valence-electron chi connectivity index (χ2n) is 5.97. The van der Waals surface area contributed by atoms with Crippen molar-refractivity contribution in [3.05, 3.63) is 64.2 Å². The van der Waals surface area contributed by atoms with Crippen LogP contribution in [-0.4, -0.2) is 41.6 Å². The monoisotopic (exact) mass is 387 g/mol. The summed E-state index contributed by atoms with van der Waals surface area (Å²) in [7, 11) is 1.36. The topological polar surface area (TPSA) is 131 Å². The average Bonchev–Trinajstić information content (AvgIpc) is 2.67. The molecule has 0 spiro atoms. The summed E-state index contributed by atoms with van der Waals surface area (Å²) in [6.07, 6.45) is 0.279. The first-order chi connectivity index (χ1) is 13.4. The number of nitro groups is 1. The lowest BCUT2D eigenvalue weighted by Crippen LogP contribution is -2.40. The van der Waals surface area contributed by atoms with Crippen LogP contribution in [0, 0.1) is 10.1 Å². The Hall–Kier alpha value is -3.46. The van der Waals surface area contributed by atoms with Gasteiger partial charge in [0.1, 0.15) is 11.8 Å². The van der Waals surface area contributed by atoms with Crippen molar-refractivity contribution >= 4 is 23.3 Å². The van der Waals surface area contributed by atoms with Crippen molar-refractivity contribution in [2.75, 3.05) is 19.0 Å². The Balaban J connectivity index is 1.97. The average molecular weight is 387 g/mol. The number of nitrogens with zero attached hydrogens (tertiary/aromatic N) is 1. The minimum Gasteiger partial charge on any atom is -0.495 e. The number of carbonyl (C=O) groups excluding carboxylic acids is 1. The maximum absolute atomic E-state index is 12.3. The number of carbonyl (C=O) groups is 2. The molecule has 1 unspecified atom stereocenters. The van der Waals surface area contributed by atoms with Gasteiger partial charge in [-0.25, -0.2) is 0 Å². The molecule has 0 aliphatic carbocycles. The van der Waals surface area contributed by atoms with Crippen LogP contribution < -0.4 is 15.4 Å². The number of benzene rings is 2. The van der Waals surface area contributed by atoms with Gasteiger partial charge in [0.05, 0.1) is 24.1 Å². The third-order valence-electron chi connectivity index (χ3n) is 4.00. The van der Waals surface area contributed by atoms with E-state index in [1.807, 2.05) is 30.3 Å². The lowest BCUT2D eigenvalue weighted by molar-refractivity contribution is -0.384. The molecule has 2 aromatic carbocycles. The molecule has 9 nitrogen and oxygen atoms in total. The minimum absolute atomic E-state index is 0.107. The first kappa shape index (κ1) is 20.8. The summed E-state index contributed by atoms with van der Waals surface area (Å²) in [6.45, 7) is 0.383. The molecule has 0 radical (unpaired) electrons. The second kappa shape index (κ2) is 10.0. The summed E-state index contributed by atoms with van der Waals surface area (Å²) < 4.78 is 5.08. The van der Waals surface area contributed by atoms with E-state index in [9.17, 15) is 24.8 Å². The number of rotatable bonds is 10. The third-order valence-corrected chi connectivity index (χ3v) is 4.00. The highest BCUT2D eigenvalue weighted by Crippen LogP contribution is 2.29. The number of hydrogen-bond acceptors (Lipinski definition) is 6. The SMILES string of the molecule is COc1ccc([N+](=O)[O-])cc1NC(=O)CC(NCCc1ccccc1)C(=O)O. The van der Waals surface area contributed by atoms with Crippen molar-refractivity contribution in [3.8, 4) is 5.75 Å². The van der Waals surface area contributed by atoms with Crippen molar-refractivity contribution in [3.63, 3.8) is 0 Å². The fourth-order valence-electron chi connectivity index (χ4n) is 2.58. The Labute approximate surface area is 161 Å². The van der Waals surface area contributed by atoms with Gasteiger partial charge in [-0.3, -0.25) is 19.7 Å². The molecule has 148 valence electrons. The molecule has 0 aliphatic rings. The summed E-state index contributed by atoms with van der Waals surface area (Å²) in [5.41, 5.74) is 0.937. The number of nitrogens with one attached hydrogen (secondary N) is 2. The van der Waals surface area contributed by atoms with Gasteiger partial charge in [0.2, 0.25) is 5.91 Å². The lowest BCUT2D eigenvalue weighted by atomic mass is 10.1. The summed E-state index contributed by atoms with van der Waals surface area (Å²) in [5, 5.41) is 25.6. The normalized spacial score (nSPS) is 11.5. The lowest BCUT2D eigenvalue weighted by Gasteiger charge is -2.15. The molecule has 9 heteroatoms. The maximum Gasteiger partial charge on any atom is 0.321 e. The van der Waals surface area contributed by atoms with Crippen LogP contribution in [0.3, 0.4) is 0 Å². The van der Waals surface area contributed by atoms with E-state index in [4.69, 9.17) is 4.74 Å². The number of amides is 1. The third kappa shape index (κ3) is 6.06. The number of aliphatic carboxylic acids is 1. The molecule has 2 aromatic rings. The quantitative estimate of drug-likeness (QED) is 0.421. The zero-order valence-electron chi connectivity index (χ0n) is 15.3. The van der Waals surface area contributed by atoms with Crippen molar-refractivity contribution in [1.82, 2.24) is 5.32 Å². The first-order valence-corrected chi connectivity index (χ1v) is 8.53. The van der Waals surface area contributed by atoms with E-state index in [1.165, 1.54) is 19.2 Å². The fourth-order valence-corrected chi connectivity index (χ4v) is 2.58. The van der Waals surface area contributed by atoms with Crippen LogP contribution in [0.4, 0.5) is 11.4 Å². The second-order valence-corrected chi connectivity index (χ2v) is 5.97. The Morgan fingerprint density at radius 1 is 1.21 bits per heavy atom. The number of ether oxygens (including phenoxy) is 1. The van der Waals surface area contributed by atoms with E-state index in [-0.39, 0.29) is 23.5 Å². The van der Waals surface area contributed by atoms with Gasteiger partial charge in [0, 0.05) is 12.1 Å². The largest absolute Gasteiger partial charge is 0.495 e. The van der Waals surface area contributed by atoms with Crippen LogP contribution in [0.25, 0.3) is 0 Å². The standard InChI is InChI=1S/C19H21N3O6/c1-28-17-8-7-14(22(26)27)11-15(17)21-18(23)12-16(19(24)25)20-10-9-13-5-3-2-4-6-13/h2-8,11,16,20H,9-10,12H2,1H3,(H,21,23)(H,24,25). The molecule has 0 saturated heterocycles. The van der Waals surface area contributed by atoms with Crippen LogP contribution in [-0.2, 0) is 16.0 Å².